The first-order valence-corrected chi connectivity index (χ1v) is 11.3. The first-order chi connectivity index (χ1) is 14.5. The molecule has 0 saturated carbocycles. The molecule has 3 aromatic rings. The summed E-state index contributed by atoms with van der Waals surface area (Å²) in [6.45, 7) is 2.42. The lowest BCUT2D eigenvalue weighted by Crippen LogP contribution is -2.34. The Bertz CT molecular complexity index is 1080. The summed E-state index contributed by atoms with van der Waals surface area (Å²) in [6.07, 6.45) is 0. The maximum absolute atomic E-state index is 12.6. The summed E-state index contributed by atoms with van der Waals surface area (Å²) in [5, 5.41) is 2.54. The molecule has 1 aliphatic rings. The second-order valence-corrected chi connectivity index (χ2v) is 8.73. The molecule has 0 spiro atoms. The molecule has 30 heavy (non-hydrogen) atoms. The van der Waals surface area contributed by atoms with Crippen molar-refractivity contribution in [3.8, 4) is 5.75 Å². The average Bonchev–Trinajstić information content (AvgIpc) is 3.34. The van der Waals surface area contributed by atoms with Crippen LogP contribution in [0.25, 0.3) is 0 Å². The standard InChI is InChI=1S/C22H17Cl3N2O2S/c1-2-29-17-11-12-30-20(17)21-26-18(13-3-7-15(23)8-4-13)19(27(21)22(25)28)14-5-9-16(24)10-6-14/h3-12,18-19H,2H2,1H3. The van der Waals surface area contributed by atoms with Crippen LogP contribution < -0.4 is 4.74 Å². The Hall–Kier alpha value is -2.05. The number of amides is 1. The molecule has 0 bridgehead atoms. The van der Waals surface area contributed by atoms with Gasteiger partial charge in [0.15, 0.2) is 5.84 Å². The zero-order valence-corrected chi connectivity index (χ0v) is 19.0. The molecule has 154 valence electrons. The van der Waals surface area contributed by atoms with E-state index in [1.807, 2.05) is 54.8 Å². The van der Waals surface area contributed by atoms with Gasteiger partial charge in [0.2, 0.25) is 0 Å². The number of thiophene rings is 1. The van der Waals surface area contributed by atoms with Gasteiger partial charge in [-0.1, -0.05) is 47.5 Å². The largest absolute Gasteiger partial charge is 0.492 e. The fourth-order valence-electron chi connectivity index (χ4n) is 3.54. The Labute approximate surface area is 193 Å². The van der Waals surface area contributed by atoms with Gasteiger partial charge in [-0.05, 0) is 65.4 Å². The molecule has 1 aromatic heterocycles. The first kappa shape index (κ1) is 21.2. The minimum Gasteiger partial charge on any atom is -0.492 e. The maximum Gasteiger partial charge on any atom is 0.322 e. The lowest BCUT2D eigenvalue weighted by atomic mass is 9.94. The summed E-state index contributed by atoms with van der Waals surface area (Å²) in [5.74, 6) is 1.17. The molecular weight excluding hydrogens is 463 g/mol. The summed E-state index contributed by atoms with van der Waals surface area (Å²) in [4.78, 5) is 19.9. The normalized spacial score (nSPS) is 18.4. The van der Waals surface area contributed by atoms with E-state index in [-0.39, 0.29) is 6.04 Å². The smallest absolute Gasteiger partial charge is 0.322 e. The number of benzene rings is 2. The number of rotatable bonds is 5. The van der Waals surface area contributed by atoms with Crippen molar-refractivity contribution in [3.63, 3.8) is 0 Å². The molecule has 0 fully saturated rings. The molecule has 1 amide bonds. The molecule has 2 unspecified atom stereocenters. The Balaban J connectivity index is 1.87. The second-order valence-electron chi connectivity index (χ2n) is 6.62. The van der Waals surface area contributed by atoms with Gasteiger partial charge in [0.05, 0.1) is 12.6 Å². The third-order valence-electron chi connectivity index (χ3n) is 4.81. The van der Waals surface area contributed by atoms with Crippen molar-refractivity contribution in [2.45, 2.75) is 19.0 Å². The Morgan fingerprint density at radius 3 is 2.20 bits per heavy atom. The van der Waals surface area contributed by atoms with Gasteiger partial charge in [0.25, 0.3) is 0 Å². The number of hydrogen-bond donors (Lipinski definition) is 0. The van der Waals surface area contributed by atoms with Crippen LogP contribution in [0.5, 0.6) is 5.75 Å². The first-order valence-electron chi connectivity index (χ1n) is 9.27. The van der Waals surface area contributed by atoms with Crippen LogP contribution in [0.4, 0.5) is 4.79 Å². The number of carbonyl (C=O) groups is 1. The highest BCUT2D eigenvalue weighted by molar-refractivity contribution is 7.12. The molecule has 2 aromatic carbocycles. The Morgan fingerprint density at radius 1 is 1.03 bits per heavy atom. The van der Waals surface area contributed by atoms with Crippen LogP contribution in [0.2, 0.25) is 10.0 Å². The Morgan fingerprint density at radius 2 is 1.63 bits per heavy atom. The Kier molecular flexibility index (Phi) is 6.34. The van der Waals surface area contributed by atoms with Crippen LogP contribution in [0.3, 0.4) is 0 Å². The van der Waals surface area contributed by atoms with Gasteiger partial charge in [0.1, 0.15) is 16.7 Å². The zero-order valence-electron chi connectivity index (χ0n) is 15.9. The molecule has 4 rings (SSSR count). The van der Waals surface area contributed by atoms with E-state index in [2.05, 4.69) is 0 Å². The number of aliphatic imine (C=N–C) groups is 1. The van der Waals surface area contributed by atoms with E-state index >= 15 is 0 Å². The van der Waals surface area contributed by atoms with Crippen molar-refractivity contribution in [3.05, 3.63) is 86.0 Å². The lowest BCUT2D eigenvalue weighted by molar-refractivity contribution is 0.231. The minimum atomic E-state index is -0.610. The third kappa shape index (κ3) is 4.08. The highest BCUT2D eigenvalue weighted by Crippen LogP contribution is 2.46. The molecule has 4 nitrogen and oxygen atoms in total. The monoisotopic (exact) mass is 478 g/mol. The number of ether oxygens (including phenoxy) is 1. The predicted molar refractivity (Wildman–Crippen MR) is 123 cm³/mol. The van der Waals surface area contributed by atoms with E-state index in [1.54, 1.807) is 12.1 Å². The van der Waals surface area contributed by atoms with E-state index in [4.69, 9.17) is 44.5 Å². The third-order valence-corrected chi connectivity index (χ3v) is 6.39. The van der Waals surface area contributed by atoms with Crippen LogP contribution in [0, 0.1) is 0 Å². The highest BCUT2D eigenvalue weighted by atomic mass is 35.5. The number of hydrogen-bond acceptors (Lipinski definition) is 4. The summed E-state index contributed by atoms with van der Waals surface area (Å²) >= 11 is 19.7. The van der Waals surface area contributed by atoms with Crippen molar-refractivity contribution in [1.29, 1.82) is 0 Å². The van der Waals surface area contributed by atoms with E-state index in [0.29, 0.717) is 28.2 Å². The molecule has 1 aliphatic heterocycles. The lowest BCUT2D eigenvalue weighted by Gasteiger charge is -2.27. The van der Waals surface area contributed by atoms with Crippen LogP contribution >= 0.6 is 46.1 Å². The van der Waals surface area contributed by atoms with Gasteiger partial charge < -0.3 is 4.74 Å². The van der Waals surface area contributed by atoms with E-state index in [1.165, 1.54) is 16.2 Å². The van der Waals surface area contributed by atoms with Gasteiger partial charge in [-0.3, -0.25) is 14.7 Å². The van der Waals surface area contributed by atoms with Crippen LogP contribution in [-0.4, -0.2) is 22.7 Å². The van der Waals surface area contributed by atoms with Gasteiger partial charge >= 0.3 is 5.37 Å². The summed E-state index contributed by atoms with van der Waals surface area (Å²) < 4.78 is 5.74. The van der Waals surface area contributed by atoms with Crippen molar-refractivity contribution < 1.29 is 9.53 Å². The molecule has 0 N–H and O–H groups in total. The van der Waals surface area contributed by atoms with E-state index in [9.17, 15) is 4.79 Å². The fraction of sp³-hybridized carbons (Fsp3) is 0.182. The SMILES string of the molecule is CCOc1ccsc1C1=NC(c2ccc(Cl)cc2)C(c2ccc(Cl)cc2)N1C(=O)Cl. The van der Waals surface area contributed by atoms with Crippen molar-refractivity contribution in [1.82, 2.24) is 4.90 Å². The molecule has 2 atom stereocenters. The fourth-order valence-corrected chi connectivity index (χ4v) is 4.80. The van der Waals surface area contributed by atoms with Gasteiger partial charge in [-0.15, -0.1) is 11.3 Å². The van der Waals surface area contributed by atoms with Gasteiger partial charge in [0, 0.05) is 10.0 Å². The van der Waals surface area contributed by atoms with Crippen LogP contribution in [-0.2, 0) is 0 Å². The van der Waals surface area contributed by atoms with Gasteiger partial charge in [-0.25, -0.2) is 0 Å². The molecular formula is C22H17Cl3N2O2S. The minimum absolute atomic E-state index is 0.363. The summed E-state index contributed by atoms with van der Waals surface area (Å²) in [7, 11) is 0. The van der Waals surface area contributed by atoms with Gasteiger partial charge in [-0.2, -0.15) is 0 Å². The number of halogens is 3. The molecule has 0 saturated heterocycles. The van der Waals surface area contributed by atoms with E-state index in [0.717, 1.165) is 16.0 Å². The van der Waals surface area contributed by atoms with Crippen molar-refractivity contribution in [2.24, 2.45) is 4.99 Å². The zero-order chi connectivity index (χ0) is 21.3. The maximum atomic E-state index is 12.6. The van der Waals surface area contributed by atoms with E-state index < -0.39 is 11.4 Å². The van der Waals surface area contributed by atoms with Crippen molar-refractivity contribution >= 4 is 57.3 Å². The predicted octanol–water partition coefficient (Wildman–Crippen LogP) is 7.36. The topological polar surface area (TPSA) is 41.9 Å². The number of amidine groups is 1. The van der Waals surface area contributed by atoms with Crippen molar-refractivity contribution in [2.75, 3.05) is 6.61 Å². The molecule has 2 heterocycles. The number of carbonyl (C=O) groups excluding carboxylic acids is 1. The quantitative estimate of drug-likeness (QED) is 0.283. The molecule has 8 heteroatoms. The summed E-state index contributed by atoms with van der Waals surface area (Å²) in [5.41, 5.74) is 1.80. The van der Waals surface area contributed by atoms with Crippen LogP contribution in [0.1, 0.15) is 35.0 Å². The second kappa shape index (κ2) is 8.98. The van der Waals surface area contributed by atoms with Crippen LogP contribution in [0.15, 0.2) is 65.0 Å². The highest BCUT2D eigenvalue weighted by Gasteiger charge is 2.43. The molecule has 0 radical (unpaired) electrons. The number of nitrogens with zero attached hydrogens (tertiary/aromatic N) is 2. The summed E-state index contributed by atoms with van der Waals surface area (Å²) in [6, 6.07) is 15.9. The molecule has 0 aliphatic carbocycles. The average molecular weight is 480 g/mol.